The predicted molar refractivity (Wildman–Crippen MR) is 52.5 cm³/mol. The van der Waals surface area contributed by atoms with Crippen molar-refractivity contribution in [1.82, 2.24) is 0 Å². The molecule has 0 atom stereocenters. The minimum absolute atomic E-state index is 1.01. The standard InChI is InChI=1S/C12H9N/c1-3-7-11-9(5-1)10-6-2-4-8-12(10)13-11/h1-3,5-8H,4H2. The Kier molecular flexibility index (Phi) is 1.28. The van der Waals surface area contributed by atoms with Gasteiger partial charge in [0.1, 0.15) is 0 Å². The van der Waals surface area contributed by atoms with E-state index in [4.69, 9.17) is 0 Å². The van der Waals surface area contributed by atoms with Crippen LogP contribution in [0.1, 0.15) is 6.42 Å². The highest BCUT2D eigenvalue weighted by molar-refractivity contribution is 5.75. The number of hydrogen-bond acceptors (Lipinski definition) is 1. The van der Waals surface area contributed by atoms with Crippen LogP contribution < -0.4 is 10.6 Å². The van der Waals surface area contributed by atoms with E-state index in [1.54, 1.807) is 0 Å². The van der Waals surface area contributed by atoms with Crippen molar-refractivity contribution in [1.29, 1.82) is 0 Å². The van der Waals surface area contributed by atoms with Gasteiger partial charge in [-0.1, -0.05) is 36.4 Å². The van der Waals surface area contributed by atoms with Crippen LogP contribution in [0, 0.1) is 0 Å². The molecule has 0 saturated carbocycles. The number of allylic oxidation sites excluding steroid dienone is 3. The van der Waals surface area contributed by atoms with Crippen molar-refractivity contribution in [3.63, 3.8) is 0 Å². The Morgan fingerprint density at radius 3 is 3.08 bits per heavy atom. The Morgan fingerprint density at radius 2 is 2.08 bits per heavy atom. The van der Waals surface area contributed by atoms with Gasteiger partial charge in [-0.3, -0.25) is 0 Å². The molecule has 1 heterocycles. The highest BCUT2D eigenvalue weighted by Gasteiger charge is 2.10. The van der Waals surface area contributed by atoms with Gasteiger partial charge in [-0.2, -0.15) is 0 Å². The summed E-state index contributed by atoms with van der Waals surface area (Å²) in [5.74, 6) is 0. The van der Waals surface area contributed by atoms with Crippen LogP contribution in [0.2, 0.25) is 0 Å². The van der Waals surface area contributed by atoms with Crippen molar-refractivity contribution in [3.05, 3.63) is 58.8 Å². The van der Waals surface area contributed by atoms with E-state index in [2.05, 4.69) is 41.4 Å². The van der Waals surface area contributed by atoms with E-state index in [1.165, 1.54) is 10.8 Å². The van der Waals surface area contributed by atoms with Gasteiger partial charge in [0.15, 0.2) is 0 Å². The van der Waals surface area contributed by atoms with E-state index in [0.717, 1.165) is 17.5 Å². The molecule has 1 aromatic carbocycles. The molecule has 1 aliphatic carbocycles. The second kappa shape index (κ2) is 2.43. The van der Waals surface area contributed by atoms with E-state index < -0.39 is 0 Å². The third kappa shape index (κ3) is 0.903. The molecule has 0 N–H and O–H groups in total. The molecule has 1 aliphatic heterocycles. The average molecular weight is 167 g/mol. The molecule has 0 amide bonds. The molecule has 0 bridgehead atoms. The van der Waals surface area contributed by atoms with Gasteiger partial charge in [0.05, 0.1) is 11.1 Å². The van der Waals surface area contributed by atoms with Gasteiger partial charge in [0, 0.05) is 10.8 Å². The van der Waals surface area contributed by atoms with Gasteiger partial charge in [0.25, 0.3) is 0 Å². The molecule has 0 unspecified atom stereocenters. The summed E-state index contributed by atoms with van der Waals surface area (Å²) in [4.78, 5) is 4.55. The molecule has 13 heavy (non-hydrogen) atoms. The van der Waals surface area contributed by atoms with E-state index in [0.29, 0.717) is 0 Å². The van der Waals surface area contributed by atoms with Gasteiger partial charge in [-0.15, -0.1) is 0 Å². The quantitative estimate of drug-likeness (QED) is 0.552. The minimum Gasteiger partial charge on any atom is -0.248 e. The number of hydrogen-bond donors (Lipinski definition) is 0. The number of nitrogens with zero attached hydrogens (tertiary/aromatic N) is 1. The van der Waals surface area contributed by atoms with Crippen molar-refractivity contribution >= 4 is 5.57 Å². The lowest BCUT2D eigenvalue weighted by Gasteiger charge is -2.01. The number of rotatable bonds is 0. The van der Waals surface area contributed by atoms with Crippen LogP contribution in [0.25, 0.3) is 5.57 Å². The predicted octanol–water partition coefficient (Wildman–Crippen LogP) is 1.31. The Hall–Kier alpha value is -1.63. The lowest BCUT2D eigenvalue weighted by atomic mass is 10.1. The lowest BCUT2D eigenvalue weighted by Crippen LogP contribution is -2.21. The summed E-state index contributed by atoms with van der Waals surface area (Å²) in [6.45, 7) is 0. The Morgan fingerprint density at radius 1 is 1.15 bits per heavy atom. The van der Waals surface area contributed by atoms with E-state index in [1.807, 2.05) is 6.07 Å². The second-order valence-corrected chi connectivity index (χ2v) is 3.27. The minimum atomic E-state index is 1.01. The zero-order chi connectivity index (χ0) is 8.67. The summed E-state index contributed by atoms with van der Waals surface area (Å²) < 4.78 is 0. The molecule has 62 valence electrons. The summed E-state index contributed by atoms with van der Waals surface area (Å²) >= 11 is 0. The molecule has 3 rings (SSSR count). The van der Waals surface area contributed by atoms with Crippen molar-refractivity contribution in [2.45, 2.75) is 6.42 Å². The molecule has 0 aromatic heterocycles. The summed E-state index contributed by atoms with van der Waals surface area (Å²) in [5, 5.41) is 2.38. The molecule has 2 aliphatic rings. The molecule has 1 aromatic rings. The first-order valence-electron chi connectivity index (χ1n) is 4.50. The smallest absolute Gasteiger partial charge is 0.0716 e. The van der Waals surface area contributed by atoms with Crippen LogP contribution in [-0.2, 0) is 0 Å². The van der Waals surface area contributed by atoms with Gasteiger partial charge in [0.2, 0.25) is 0 Å². The zero-order valence-corrected chi connectivity index (χ0v) is 7.20. The number of para-hydroxylation sites is 1. The maximum atomic E-state index is 4.55. The fourth-order valence-electron chi connectivity index (χ4n) is 1.82. The van der Waals surface area contributed by atoms with Crippen molar-refractivity contribution in [2.75, 3.05) is 0 Å². The Balaban J connectivity index is 2.50. The topological polar surface area (TPSA) is 12.4 Å². The fourth-order valence-corrected chi connectivity index (χ4v) is 1.82. The number of fused-ring (bicyclic) bond motifs is 2. The summed E-state index contributed by atoms with van der Waals surface area (Å²) in [6, 6.07) is 8.29. The van der Waals surface area contributed by atoms with Crippen LogP contribution in [0.5, 0.6) is 0 Å². The molecule has 0 radical (unpaired) electrons. The largest absolute Gasteiger partial charge is 0.248 e. The first-order valence-corrected chi connectivity index (χ1v) is 4.50. The third-order valence-electron chi connectivity index (χ3n) is 2.44. The molecule has 0 spiro atoms. The van der Waals surface area contributed by atoms with Crippen LogP contribution in [0.3, 0.4) is 0 Å². The molecule has 0 saturated heterocycles. The first-order chi connectivity index (χ1) is 6.45. The van der Waals surface area contributed by atoms with E-state index in [-0.39, 0.29) is 0 Å². The van der Waals surface area contributed by atoms with Gasteiger partial charge in [-0.25, -0.2) is 4.99 Å². The normalized spacial score (nSPS) is 17.5. The van der Waals surface area contributed by atoms with Crippen molar-refractivity contribution in [2.24, 2.45) is 4.99 Å². The van der Waals surface area contributed by atoms with Crippen LogP contribution in [-0.4, -0.2) is 0 Å². The third-order valence-corrected chi connectivity index (χ3v) is 2.44. The van der Waals surface area contributed by atoms with Gasteiger partial charge in [-0.05, 0) is 12.5 Å². The maximum Gasteiger partial charge on any atom is 0.0716 e. The zero-order valence-electron chi connectivity index (χ0n) is 7.20. The Labute approximate surface area is 76.4 Å². The van der Waals surface area contributed by atoms with Crippen LogP contribution in [0.4, 0.5) is 0 Å². The van der Waals surface area contributed by atoms with Gasteiger partial charge < -0.3 is 0 Å². The fraction of sp³-hybridized carbons (Fsp3) is 0.0833. The summed E-state index contributed by atoms with van der Waals surface area (Å²) in [6.07, 6.45) is 7.53. The first kappa shape index (κ1) is 6.84. The highest BCUT2D eigenvalue weighted by Crippen LogP contribution is 2.19. The monoisotopic (exact) mass is 167 g/mol. The van der Waals surface area contributed by atoms with E-state index >= 15 is 0 Å². The molecule has 0 fully saturated rings. The summed E-state index contributed by atoms with van der Waals surface area (Å²) in [5.41, 5.74) is 2.42. The van der Waals surface area contributed by atoms with Crippen molar-refractivity contribution < 1.29 is 0 Å². The maximum absolute atomic E-state index is 4.55. The second-order valence-electron chi connectivity index (χ2n) is 3.27. The highest BCUT2D eigenvalue weighted by atomic mass is 14.8. The van der Waals surface area contributed by atoms with Crippen molar-refractivity contribution in [3.8, 4) is 0 Å². The number of benzene rings is 1. The molecular weight excluding hydrogens is 158 g/mol. The molecule has 1 nitrogen and oxygen atoms in total. The average Bonchev–Trinajstić information content (AvgIpc) is 2.56. The van der Waals surface area contributed by atoms with E-state index in [9.17, 15) is 0 Å². The van der Waals surface area contributed by atoms with Gasteiger partial charge >= 0.3 is 0 Å². The molecule has 1 heteroatoms. The molecular formula is C12H9N. The van der Waals surface area contributed by atoms with Crippen LogP contribution in [0.15, 0.2) is 53.2 Å². The lowest BCUT2D eigenvalue weighted by molar-refractivity contribution is 1.25. The SMILES string of the molecule is C1=CC2=c3ccccc3=NC2=CC1. The Bertz CT molecular complexity index is 532. The van der Waals surface area contributed by atoms with Crippen LogP contribution >= 0.6 is 0 Å². The summed E-state index contributed by atoms with van der Waals surface area (Å²) in [7, 11) is 0.